The number of imide groups is 1. The van der Waals surface area contributed by atoms with Gasteiger partial charge in [-0.25, -0.2) is 4.79 Å². The smallest absolute Gasteiger partial charge is 0.337 e. The number of amides is 3. The second-order valence-corrected chi connectivity index (χ2v) is 5.42. The van der Waals surface area contributed by atoms with Gasteiger partial charge in [0.1, 0.15) is 0 Å². The van der Waals surface area contributed by atoms with Crippen molar-refractivity contribution in [3.05, 3.63) is 64.7 Å². The van der Waals surface area contributed by atoms with E-state index in [9.17, 15) is 19.2 Å². The average Bonchev–Trinajstić information content (AvgIpc) is 2.86. The third kappa shape index (κ3) is 2.76. The quantitative estimate of drug-likeness (QED) is 0.682. The van der Waals surface area contributed by atoms with E-state index in [0.717, 1.165) is 4.90 Å². The normalized spacial score (nSPS) is 12.8. The lowest BCUT2D eigenvalue weighted by Crippen LogP contribution is -2.24. The van der Waals surface area contributed by atoms with E-state index in [4.69, 9.17) is 0 Å². The molecule has 1 aliphatic heterocycles. The predicted octanol–water partition coefficient (Wildman–Crippen LogP) is 1.95. The highest BCUT2D eigenvalue weighted by Gasteiger charge is 2.35. The Balaban J connectivity index is 1.87. The Morgan fingerprint density at radius 1 is 0.960 bits per heavy atom. The van der Waals surface area contributed by atoms with Crippen molar-refractivity contribution in [2.45, 2.75) is 0 Å². The molecule has 0 radical (unpaired) electrons. The second-order valence-electron chi connectivity index (χ2n) is 5.42. The largest absolute Gasteiger partial charge is 0.465 e. The van der Waals surface area contributed by atoms with Gasteiger partial charge in [0, 0.05) is 12.6 Å². The van der Waals surface area contributed by atoms with E-state index in [1.165, 1.54) is 38.4 Å². The fourth-order valence-corrected chi connectivity index (χ4v) is 2.58. The first-order valence-corrected chi connectivity index (χ1v) is 7.39. The summed E-state index contributed by atoms with van der Waals surface area (Å²) >= 11 is 0. The van der Waals surface area contributed by atoms with Crippen LogP contribution in [-0.2, 0) is 4.74 Å². The number of ether oxygens (including phenoxy) is 1. The van der Waals surface area contributed by atoms with Crippen LogP contribution >= 0.6 is 0 Å². The van der Waals surface area contributed by atoms with E-state index < -0.39 is 23.7 Å². The molecule has 0 saturated heterocycles. The summed E-state index contributed by atoms with van der Waals surface area (Å²) in [5.74, 6) is -1.82. The molecule has 0 atom stereocenters. The number of esters is 1. The summed E-state index contributed by atoms with van der Waals surface area (Å²) in [5, 5.41) is 2.64. The maximum atomic E-state index is 12.4. The summed E-state index contributed by atoms with van der Waals surface area (Å²) in [6.07, 6.45) is 0. The fraction of sp³-hybridized carbons (Fsp3) is 0.111. The number of hydrogen-bond donors (Lipinski definition) is 1. The van der Waals surface area contributed by atoms with Gasteiger partial charge in [0.2, 0.25) is 0 Å². The number of methoxy groups -OCH3 is 1. The molecular weight excluding hydrogens is 324 g/mol. The summed E-state index contributed by atoms with van der Waals surface area (Å²) in [7, 11) is 2.66. The van der Waals surface area contributed by atoms with Crippen LogP contribution in [0.25, 0.3) is 0 Å². The van der Waals surface area contributed by atoms with Crippen LogP contribution in [0.1, 0.15) is 41.4 Å². The Bertz CT molecular complexity index is 902. The zero-order chi connectivity index (χ0) is 18.1. The zero-order valence-corrected chi connectivity index (χ0v) is 13.5. The van der Waals surface area contributed by atoms with Gasteiger partial charge in [0.25, 0.3) is 17.7 Å². The molecule has 3 amide bonds. The Morgan fingerprint density at radius 3 is 2.24 bits per heavy atom. The van der Waals surface area contributed by atoms with Crippen LogP contribution in [0.15, 0.2) is 42.5 Å². The van der Waals surface area contributed by atoms with Crippen LogP contribution in [0, 0.1) is 0 Å². The van der Waals surface area contributed by atoms with E-state index in [2.05, 4.69) is 10.1 Å². The summed E-state index contributed by atoms with van der Waals surface area (Å²) in [6.45, 7) is 0. The molecule has 7 heteroatoms. The van der Waals surface area contributed by atoms with E-state index in [1.54, 1.807) is 18.2 Å². The Labute approximate surface area is 143 Å². The minimum Gasteiger partial charge on any atom is -0.465 e. The predicted molar refractivity (Wildman–Crippen MR) is 88.6 cm³/mol. The van der Waals surface area contributed by atoms with Crippen LogP contribution in [0.2, 0.25) is 0 Å². The Hall–Kier alpha value is -3.48. The van der Waals surface area contributed by atoms with Crippen LogP contribution in [0.3, 0.4) is 0 Å². The first kappa shape index (κ1) is 16.4. The van der Waals surface area contributed by atoms with Gasteiger partial charge in [0.15, 0.2) is 0 Å². The number of carbonyl (C=O) groups excluding carboxylic acids is 4. The molecule has 2 aromatic carbocycles. The molecule has 0 unspecified atom stereocenters. The molecular formula is C18H14N2O5. The van der Waals surface area contributed by atoms with Gasteiger partial charge in [-0.1, -0.05) is 6.07 Å². The number of carbonyl (C=O) groups is 4. The van der Waals surface area contributed by atoms with E-state index in [1.807, 2.05) is 0 Å². The van der Waals surface area contributed by atoms with E-state index in [0.29, 0.717) is 11.1 Å². The molecule has 0 aliphatic carbocycles. The third-order valence-electron chi connectivity index (χ3n) is 3.93. The highest BCUT2D eigenvalue weighted by molar-refractivity contribution is 6.24. The molecule has 0 saturated carbocycles. The monoisotopic (exact) mass is 338 g/mol. The van der Waals surface area contributed by atoms with Crippen LogP contribution in [0.5, 0.6) is 0 Å². The number of anilines is 1. The van der Waals surface area contributed by atoms with Crippen molar-refractivity contribution in [1.29, 1.82) is 0 Å². The molecule has 126 valence electrons. The maximum absolute atomic E-state index is 12.4. The fourth-order valence-electron chi connectivity index (χ4n) is 2.58. The molecule has 1 N–H and O–H groups in total. The van der Waals surface area contributed by atoms with Crippen molar-refractivity contribution in [3.8, 4) is 0 Å². The summed E-state index contributed by atoms with van der Waals surface area (Å²) in [5.41, 5.74) is 1.32. The number of rotatable bonds is 3. The summed E-state index contributed by atoms with van der Waals surface area (Å²) < 4.78 is 4.60. The van der Waals surface area contributed by atoms with Crippen molar-refractivity contribution in [2.24, 2.45) is 0 Å². The molecule has 7 nitrogen and oxygen atoms in total. The van der Waals surface area contributed by atoms with E-state index in [-0.39, 0.29) is 16.8 Å². The molecule has 1 aliphatic rings. The SMILES string of the molecule is COC(=O)c1ccc(C(=O)Nc2cccc3c2C(=O)N(C)C3=O)cc1. The van der Waals surface area contributed by atoms with Crippen LogP contribution in [-0.4, -0.2) is 42.7 Å². The number of fused-ring (bicyclic) bond motifs is 1. The Kier molecular flexibility index (Phi) is 4.06. The molecule has 3 rings (SSSR count). The van der Waals surface area contributed by atoms with Crippen molar-refractivity contribution >= 4 is 29.4 Å². The summed E-state index contributed by atoms with van der Waals surface area (Å²) in [4.78, 5) is 49.0. The van der Waals surface area contributed by atoms with Gasteiger partial charge in [-0.3, -0.25) is 19.3 Å². The van der Waals surface area contributed by atoms with Crippen LogP contribution < -0.4 is 5.32 Å². The first-order chi connectivity index (χ1) is 11.9. The molecule has 1 heterocycles. The number of benzene rings is 2. The topological polar surface area (TPSA) is 92.8 Å². The minimum atomic E-state index is -0.500. The molecule has 25 heavy (non-hydrogen) atoms. The van der Waals surface area contributed by atoms with Crippen LogP contribution in [0.4, 0.5) is 5.69 Å². The average molecular weight is 338 g/mol. The maximum Gasteiger partial charge on any atom is 0.337 e. The molecule has 0 spiro atoms. The number of nitrogens with one attached hydrogen (secondary N) is 1. The molecule has 0 fully saturated rings. The molecule has 0 aromatic heterocycles. The number of nitrogens with zero attached hydrogens (tertiary/aromatic N) is 1. The second kappa shape index (κ2) is 6.20. The third-order valence-corrected chi connectivity index (χ3v) is 3.93. The minimum absolute atomic E-state index is 0.175. The number of hydrogen-bond acceptors (Lipinski definition) is 5. The van der Waals surface area contributed by atoms with Gasteiger partial charge < -0.3 is 10.1 Å². The lowest BCUT2D eigenvalue weighted by atomic mass is 10.1. The highest BCUT2D eigenvalue weighted by atomic mass is 16.5. The van der Waals surface area contributed by atoms with Gasteiger partial charge in [0.05, 0.1) is 29.5 Å². The Morgan fingerprint density at radius 2 is 1.60 bits per heavy atom. The lowest BCUT2D eigenvalue weighted by Gasteiger charge is -2.09. The van der Waals surface area contributed by atoms with E-state index >= 15 is 0 Å². The zero-order valence-electron chi connectivity index (χ0n) is 13.5. The van der Waals surface area contributed by atoms with Gasteiger partial charge >= 0.3 is 5.97 Å². The van der Waals surface area contributed by atoms with Crippen molar-refractivity contribution in [2.75, 3.05) is 19.5 Å². The molecule has 0 bridgehead atoms. The van der Waals surface area contributed by atoms with Gasteiger partial charge in [-0.15, -0.1) is 0 Å². The first-order valence-electron chi connectivity index (χ1n) is 7.39. The van der Waals surface area contributed by atoms with Crippen molar-refractivity contribution in [1.82, 2.24) is 4.90 Å². The van der Waals surface area contributed by atoms with Gasteiger partial charge in [-0.05, 0) is 36.4 Å². The molecule has 2 aromatic rings. The summed E-state index contributed by atoms with van der Waals surface area (Å²) in [6, 6.07) is 10.6. The van der Waals surface area contributed by atoms with Crippen molar-refractivity contribution < 1.29 is 23.9 Å². The van der Waals surface area contributed by atoms with Crippen molar-refractivity contribution in [3.63, 3.8) is 0 Å². The van der Waals surface area contributed by atoms with Gasteiger partial charge in [-0.2, -0.15) is 0 Å². The standard InChI is InChI=1S/C18H14N2O5/c1-20-16(22)12-4-3-5-13(14(12)17(20)23)19-15(21)10-6-8-11(9-7-10)18(24)25-2/h3-9H,1-2H3,(H,19,21). The highest BCUT2D eigenvalue weighted by Crippen LogP contribution is 2.28. The lowest BCUT2D eigenvalue weighted by molar-refractivity contribution is 0.0599.